The quantitative estimate of drug-likeness (QED) is 0.831. The predicted octanol–water partition coefficient (Wildman–Crippen LogP) is 2.12. The van der Waals surface area contributed by atoms with E-state index in [4.69, 9.17) is 17.3 Å². The Bertz CT molecular complexity index is 457. The minimum absolute atomic E-state index is 0.0621. The largest absolute Gasteiger partial charge is 0.506 e. The summed E-state index contributed by atoms with van der Waals surface area (Å²) in [6.45, 7) is 1.81. The highest BCUT2D eigenvalue weighted by atomic mass is 35.5. The zero-order chi connectivity index (χ0) is 11.9. The molecule has 0 saturated heterocycles. The van der Waals surface area contributed by atoms with Crippen LogP contribution in [-0.4, -0.2) is 10.9 Å². The first-order chi connectivity index (χ1) is 7.56. The summed E-state index contributed by atoms with van der Waals surface area (Å²) in [5.74, 6) is 0.119. The molecule has 1 aromatic rings. The fourth-order valence-electron chi connectivity index (χ4n) is 2.34. The SMILES string of the molecule is CC(=O)C1CCc2c1cc(CN)c(O)c2Cl. The highest BCUT2D eigenvalue weighted by molar-refractivity contribution is 6.33. The number of carbonyl (C=O) groups is 1. The predicted molar refractivity (Wildman–Crippen MR) is 62.8 cm³/mol. The van der Waals surface area contributed by atoms with Crippen LogP contribution in [0.3, 0.4) is 0 Å². The molecule has 0 aliphatic heterocycles. The molecule has 1 aliphatic rings. The van der Waals surface area contributed by atoms with Crippen molar-refractivity contribution >= 4 is 17.4 Å². The summed E-state index contributed by atoms with van der Waals surface area (Å²) in [4.78, 5) is 11.5. The van der Waals surface area contributed by atoms with E-state index in [1.165, 1.54) is 0 Å². The van der Waals surface area contributed by atoms with Crippen LogP contribution in [0.4, 0.5) is 0 Å². The second-order valence-electron chi connectivity index (χ2n) is 4.17. The van der Waals surface area contributed by atoms with Crippen LogP contribution in [0.5, 0.6) is 5.75 Å². The zero-order valence-corrected chi connectivity index (χ0v) is 9.84. The van der Waals surface area contributed by atoms with Gasteiger partial charge in [-0.3, -0.25) is 4.79 Å². The van der Waals surface area contributed by atoms with Gasteiger partial charge in [0, 0.05) is 18.0 Å². The van der Waals surface area contributed by atoms with Crippen molar-refractivity contribution in [2.24, 2.45) is 5.73 Å². The Morgan fingerprint density at radius 3 is 2.94 bits per heavy atom. The first kappa shape index (κ1) is 11.4. The number of rotatable bonds is 2. The van der Waals surface area contributed by atoms with Gasteiger partial charge in [-0.05, 0) is 37.0 Å². The number of carbonyl (C=O) groups excluding carboxylic acids is 1. The number of nitrogens with two attached hydrogens (primary N) is 1. The number of phenols is 1. The molecular weight excluding hydrogens is 226 g/mol. The molecule has 0 amide bonds. The van der Waals surface area contributed by atoms with Gasteiger partial charge in [-0.25, -0.2) is 0 Å². The maximum absolute atomic E-state index is 11.5. The Balaban J connectivity index is 2.59. The van der Waals surface area contributed by atoms with Crippen molar-refractivity contribution in [1.29, 1.82) is 0 Å². The number of phenolic OH excluding ortho intramolecular Hbond substituents is 1. The Labute approximate surface area is 99.2 Å². The molecule has 0 radical (unpaired) electrons. The van der Waals surface area contributed by atoms with Crippen molar-refractivity contribution in [2.75, 3.05) is 0 Å². The third-order valence-corrected chi connectivity index (χ3v) is 3.63. The van der Waals surface area contributed by atoms with Crippen molar-refractivity contribution < 1.29 is 9.90 Å². The van der Waals surface area contributed by atoms with Gasteiger partial charge < -0.3 is 10.8 Å². The first-order valence-electron chi connectivity index (χ1n) is 5.30. The number of benzene rings is 1. The summed E-state index contributed by atoms with van der Waals surface area (Å²) >= 11 is 6.08. The summed E-state index contributed by atoms with van der Waals surface area (Å²) in [5.41, 5.74) is 7.98. The molecule has 3 nitrogen and oxygen atoms in total. The Hall–Kier alpha value is -1.06. The molecule has 1 aromatic carbocycles. The number of Topliss-reactive ketones (excluding diaryl/α,β-unsaturated/α-hetero) is 1. The number of halogens is 1. The summed E-state index contributed by atoms with van der Waals surface area (Å²) in [5, 5.41) is 10.2. The second-order valence-corrected chi connectivity index (χ2v) is 4.55. The van der Waals surface area contributed by atoms with Gasteiger partial charge in [-0.1, -0.05) is 11.6 Å². The third-order valence-electron chi connectivity index (χ3n) is 3.22. The van der Waals surface area contributed by atoms with Gasteiger partial charge in [-0.2, -0.15) is 0 Å². The first-order valence-corrected chi connectivity index (χ1v) is 5.67. The summed E-state index contributed by atoms with van der Waals surface area (Å²) in [6, 6.07) is 1.82. The minimum Gasteiger partial charge on any atom is -0.506 e. The van der Waals surface area contributed by atoms with E-state index in [9.17, 15) is 9.90 Å². The van der Waals surface area contributed by atoms with Crippen LogP contribution < -0.4 is 5.73 Å². The molecule has 0 bridgehead atoms. The van der Waals surface area contributed by atoms with E-state index < -0.39 is 0 Å². The van der Waals surface area contributed by atoms with Crippen LogP contribution in [0.15, 0.2) is 6.07 Å². The lowest BCUT2D eigenvalue weighted by atomic mass is 9.95. The van der Waals surface area contributed by atoms with Gasteiger partial charge in [0.05, 0.1) is 5.02 Å². The standard InChI is InChI=1S/C12H14ClNO2/c1-6(15)8-2-3-9-10(8)4-7(5-14)12(16)11(9)13/h4,8,16H,2-3,5,14H2,1H3. The van der Waals surface area contributed by atoms with E-state index in [1.54, 1.807) is 6.92 Å². The number of aromatic hydroxyl groups is 1. The van der Waals surface area contributed by atoms with Gasteiger partial charge in [-0.15, -0.1) is 0 Å². The van der Waals surface area contributed by atoms with Crippen LogP contribution in [0, 0.1) is 0 Å². The monoisotopic (exact) mass is 239 g/mol. The molecule has 0 fully saturated rings. The smallest absolute Gasteiger partial charge is 0.138 e. The molecule has 0 spiro atoms. The van der Waals surface area contributed by atoms with Crippen molar-refractivity contribution in [3.63, 3.8) is 0 Å². The molecule has 16 heavy (non-hydrogen) atoms. The normalized spacial score (nSPS) is 18.6. The van der Waals surface area contributed by atoms with Gasteiger partial charge in [0.25, 0.3) is 0 Å². The zero-order valence-electron chi connectivity index (χ0n) is 9.09. The van der Waals surface area contributed by atoms with Gasteiger partial charge >= 0.3 is 0 Å². The average molecular weight is 240 g/mol. The number of hydrogen-bond donors (Lipinski definition) is 2. The Morgan fingerprint density at radius 1 is 1.69 bits per heavy atom. The van der Waals surface area contributed by atoms with E-state index in [2.05, 4.69) is 0 Å². The van der Waals surface area contributed by atoms with E-state index in [0.29, 0.717) is 10.6 Å². The lowest BCUT2D eigenvalue weighted by molar-refractivity contribution is -0.118. The highest BCUT2D eigenvalue weighted by Gasteiger charge is 2.29. The van der Waals surface area contributed by atoms with Crippen LogP contribution >= 0.6 is 11.6 Å². The summed E-state index contributed by atoms with van der Waals surface area (Å²) < 4.78 is 0. The molecule has 3 N–H and O–H groups in total. The van der Waals surface area contributed by atoms with Crippen LogP contribution in [0.1, 0.15) is 36.0 Å². The van der Waals surface area contributed by atoms with E-state index in [-0.39, 0.29) is 24.0 Å². The van der Waals surface area contributed by atoms with Gasteiger partial charge in [0.15, 0.2) is 0 Å². The lowest BCUT2D eigenvalue weighted by Crippen LogP contribution is -2.06. The van der Waals surface area contributed by atoms with Crippen molar-refractivity contribution in [2.45, 2.75) is 32.2 Å². The average Bonchev–Trinajstić information content (AvgIpc) is 2.67. The Morgan fingerprint density at radius 2 is 2.38 bits per heavy atom. The van der Waals surface area contributed by atoms with Crippen LogP contribution in [-0.2, 0) is 17.8 Å². The fraction of sp³-hybridized carbons (Fsp3) is 0.417. The van der Waals surface area contributed by atoms with Crippen LogP contribution in [0.25, 0.3) is 0 Å². The van der Waals surface area contributed by atoms with Crippen molar-refractivity contribution in [3.05, 3.63) is 27.8 Å². The molecule has 0 saturated carbocycles. The van der Waals surface area contributed by atoms with Crippen LogP contribution in [0.2, 0.25) is 5.02 Å². The molecule has 0 aromatic heterocycles. The molecule has 1 atom stereocenters. The summed E-state index contributed by atoms with van der Waals surface area (Å²) in [7, 11) is 0. The van der Waals surface area contributed by atoms with Gasteiger partial charge in [0.1, 0.15) is 11.5 Å². The topological polar surface area (TPSA) is 63.3 Å². The minimum atomic E-state index is -0.0848. The van der Waals surface area contributed by atoms with Crippen molar-refractivity contribution in [1.82, 2.24) is 0 Å². The van der Waals surface area contributed by atoms with Gasteiger partial charge in [0.2, 0.25) is 0 Å². The Kier molecular flexibility index (Phi) is 2.91. The number of hydrogen-bond acceptors (Lipinski definition) is 3. The molecule has 4 heteroatoms. The molecule has 2 rings (SSSR count). The highest BCUT2D eigenvalue weighted by Crippen LogP contribution is 2.43. The lowest BCUT2D eigenvalue weighted by Gasteiger charge is -2.12. The number of ketones is 1. The number of fused-ring (bicyclic) bond motifs is 1. The van der Waals surface area contributed by atoms with E-state index in [1.807, 2.05) is 6.07 Å². The molecule has 1 unspecified atom stereocenters. The van der Waals surface area contributed by atoms with E-state index in [0.717, 1.165) is 24.0 Å². The maximum atomic E-state index is 11.5. The maximum Gasteiger partial charge on any atom is 0.138 e. The fourth-order valence-corrected chi connectivity index (χ4v) is 2.67. The third kappa shape index (κ3) is 1.60. The second kappa shape index (κ2) is 4.07. The molecule has 0 heterocycles. The van der Waals surface area contributed by atoms with Crippen molar-refractivity contribution in [3.8, 4) is 5.75 Å². The molecule has 1 aliphatic carbocycles. The van der Waals surface area contributed by atoms with E-state index >= 15 is 0 Å². The summed E-state index contributed by atoms with van der Waals surface area (Å²) in [6.07, 6.45) is 1.52. The molecule has 86 valence electrons. The molecular formula is C12H14ClNO2.